The van der Waals surface area contributed by atoms with Gasteiger partial charge in [0.05, 0.1) is 0 Å². The van der Waals surface area contributed by atoms with Gasteiger partial charge in [-0.05, 0) is 62.6 Å². The molecule has 2 amide bonds. The number of amides is 2. The second-order valence-corrected chi connectivity index (χ2v) is 6.65. The summed E-state index contributed by atoms with van der Waals surface area (Å²) in [5.41, 5.74) is 2.26. The van der Waals surface area contributed by atoms with Crippen LogP contribution in [-0.4, -0.2) is 35.9 Å². The first kappa shape index (κ1) is 18.0. The highest BCUT2D eigenvalue weighted by Gasteiger charge is 2.20. The van der Waals surface area contributed by atoms with Crippen LogP contribution >= 0.6 is 0 Å². The zero-order valence-electron chi connectivity index (χ0n) is 15.2. The number of rotatable bonds is 5. The average Bonchev–Trinajstić information content (AvgIpc) is 3.16. The largest absolute Gasteiger partial charge is 0.481 e. The molecule has 1 aliphatic rings. The third-order valence-corrected chi connectivity index (χ3v) is 4.44. The number of anilines is 1. The Kier molecular flexibility index (Phi) is 5.56. The average molecular weight is 352 g/mol. The van der Waals surface area contributed by atoms with Crippen LogP contribution in [0.1, 0.15) is 35.7 Å². The highest BCUT2D eigenvalue weighted by Crippen LogP contribution is 2.18. The van der Waals surface area contributed by atoms with E-state index in [4.69, 9.17) is 4.74 Å². The molecule has 1 fully saturated rings. The molecule has 5 heteroatoms. The van der Waals surface area contributed by atoms with Gasteiger partial charge in [0.1, 0.15) is 5.75 Å². The molecule has 0 radical (unpaired) electrons. The van der Waals surface area contributed by atoms with E-state index in [-0.39, 0.29) is 11.8 Å². The van der Waals surface area contributed by atoms with Crippen molar-refractivity contribution in [1.29, 1.82) is 0 Å². The van der Waals surface area contributed by atoms with Crippen molar-refractivity contribution < 1.29 is 14.3 Å². The normalized spacial score (nSPS) is 14.8. The van der Waals surface area contributed by atoms with E-state index in [1.54, 1.807) is 31.2 Å². The van der Waals surface area contributed by atoms with Crippen LogP contribution in [0, 0.1) is 6.92 Å². The maximum Gasteiger partial charge on any atom is 0.265 e. The van der Waals surface area contributed by atoms with Gasteiger partial charge in [-0.2, -0.15) is 0 Å². The number of nitrogens with zero attached hydrogens (tertiary/aromatic N) is 1. The van der Waals surface area contributed by atoms with Crippen molar-refractivity contribution >= 4 is 17.5 Å². The molecule has 0 spiro atoms. The van der Waals surface area contributed by atoms with Crippen LogP contribution in [0.5, 0.6) is 5.75 Å². The van der Waals surface area contributed by atoms with Gasteiger partial charge in [-0.1, -0.05) is 18.2 Å². The van der Waals surface area contributed by atoms with Gasteiger partial charge in [-0.25, -0.2) is 0 Å². The summed E-state index contributed by atoms with van der Waals surface area (Å²) in [6.07, 6.45) is 1.46. The highest BCUT2D eigenvalue weighted by atomic mass is 16.5. The van der Waals surface area contributed by atoms with Crippen molar-refractivity contribution in [3.8, 4) is 5.75 Å². The molecule has 3 rings (SSSR count). The summed E-state index contributed by atoms with van der Waals surface area (Å²) in [5, 5.41) is 2.83. The summed E-state index contributed by atoms with van der Waals surface area (Å²) >= 11 is 0. The smallest absolute Gasteiger partial charge is 0.265 e. The molecule has 136 valence electrons. The van der Waals surface area contributed by atoms with Crippen molar-refractivity contribution in [2.45, 2.75) is 32.8 Å². The lowest BCUT2D eigenvalue weighted by molar-refractivity contribution is -0.122. The van der Waals surface area contributed by atoms with Crippen LogP contribution < -0.4 is 10.1 Å². The van der Waals surface area contributed by atoms with E-state index >= 15 is 0 Å². The van der Waals surface area contributed by atoms with Gasteiger partial charge in [0.15, 0.2) is 6.10 Å². The molecule has 1 unspecified atom stereocenters. The first-order chi connectivity index (χ1) is 12.5. The van der Waals surface area contributed by atoms with Gasteiger partial charge in [-0.3, -0.25) is 9.59 Å². The van der Waals surface area contributed by atoms with Crippen LogP contribution in [-0.2, 0) is 4.79 Å². The molecule has 0 saturated carbocycles. The Labute approximate surface area is 154 Å². The second kappa shape index (κ2) is 8.04. The molecule has 2 aromatic carbocycles. The predicted molar refractivity (Wildman–Crippen MR) is 101 cm³/mol. The molecule has 0 aliphatic carbocycles. The number of nitrogens with one attached hydrogen (secondary N) is 1. The summed E-state index contributed by atoms with van der Waals surface area (Å²) in [6, 6.07) is 14.6. The van der Waals surface area contributed by atoms with Gasteiger partial charge in [0, 0.05) is 24.3 Å². The van der Waals surface area contributed by atoms with Crippen LogP contribution in [0.15, 0.2) is 48.5 Å². The van der Waals surface area contributed by atoms with Gasteiger partial charge in [0.25, 0.3) is 11.8 Å². The minimum Gasteiger partial charge on any atom is -0.481 e. The number of carbonyl (C=O) groups is 2. The maximum atomic E-state index is 12.5. The van der Waals surface area contributed by atoms with E-state index in [0.717, 1.165) is 31.5 Å². The summed E-state index contributed by atoms with van der Waals surface area (Å²) < 4.78 is 5.70. The molecule has 5 nitrogen and oxygen atoms in total. The number of benzene rings is 2. The zero-order valence-corrected chi connectivity index (χ0v) is 15.2. The molecule has 1 saturated heterocycles. The fraction of sp³-hybridized carbons (Fsp3) is 0.333. The summed E-state index contributed by atoms with van der Waals surface area (Å²) in [6.45, 7) is 5.28. The highest BCUT2D eigenvalue weighted by molar-refractivity contribution is 5.98. The standard InChI is InChI=1S/C21H24N2O3/c1-15-7-5-10-19(13-15)26-16(2)20(24)22-18-9-6-8-17(14-18)21(25)23-11-3-4-12-23/h5-10,13-14,16H,3-4,11-12H2,1-2H3,(H,22,24). The van der Waals surface area contributed by atoms with Crippen LogP contribution in [0.4, 0.5) is 5.69 Å². The summed E-state index contributed by atoms with van der Waals surface area (Å²) in [5.74, 6) is 0.422. The van der Waals surface area contributed by atoms with Crippen LogP contribution in [0.25, 0.3) is 0 Å². The number of carbonyl (C=O) groups excluding carboxylic acids is 2. The zero-order chi connectivity index (χ0) is 18.5. The Bertz CT molecular complexity index is 797. The molecule has 0 aromatic heterocycles. The van der Waals surface area contributed by atoms with Crippen LogP contribution in [0.2, 0.25) is 0 Å². The molecule has 2 aromatic rings. The van der Waals surface area contributed by atoms with Gasteiger partial charge in [-0.15, -0.1) is 0 Å². The van der Waals surface area contributed by atoms with E-state index in [9.17, 15) is 9.59 Å². The van der Waals surface area contributed by atoms with Crippen molar-refractivity contribution in [2.24, 2.45) is 0 Å². The Balaban J connectivity index is 1.63. The first-order valence-electron chi connectivity index (χ1n) is 8.96. The fourth-order valence-corrected chi connectivity index (χ4v) is 3.02. The van der Waals surface area contributed by atoms with Crippen molar-refractivity contribution in [3.63, 3.8) is 0 Å². The molecular formula is C21H24N2O3. The van der Waals surface area contributed by atoms with Crippen LogP contribution in [0.3, 0.4) is 0 Å². The Morgan fingerprint density at radius 1 is 1.08 bits per heavy atom. The van der Waals surface area contributed by atoms with Gasteiger partial charge >= 0.3 is 0 Å². The lowest BCUT2D eigenvalue weighted by atomic mass is 10.1. The maximum absolute atomic E-state index is 12.5. The van der Waals surface area contributed by atoms with Gasteiger partial charge < -0.3 is 15.0 Å². The lowest BCUT2D eigenvalue weighted by Gasteiger charge is -2.17. The molecule has 1 atom stereocenters. The van der Waals surface area contributed by atoms with Crippen molar-refractivity contribution in [1.82, 2.24) is 4.90 Å². The first-order valence-corrected chi connectivity index (χ1v) is 8.96. The Morgan fingerprint density at radius 3 is 2.54 bits per heavy atom. The number of hydrogen-bond donors (Lipinski definition) is 1. The lowest BCUT2D eigenvalue weighted by Crippen LogP contribution is -2.30. The summed E-state index contributed by atoms with van der Waals surface area (Å²) in [4.78, 5) is 26.7. The molecule has 1 heterocycles. The summed E-state index contributed by atoms with van der Waals surface area (Å²) in [7, 11) is 0. The van der Waals surface area contributed by atoms with E-state index in [1.165, 1.54) is 0 Å². The number of hydrogen-bond acceptors (Lipinski definition) is 3. The molecule has 1 aliphatic heterocycles. The molecule has 0 bridgehead atoms. The third-order valence-electron chi connectivity index (χ3n) is 4.44. The quantitative estimate of drug-likeness (QED) is 0.894. The van der Waals surface area contributed by atoms with Crippen molar-refractivity contribution in [2.75, 3.05) is 18.4 Å². The van der Waals surface area contributed by atoms with Gasteiger partial charge in [0.2, 0.25) is 0 Å². The SMILES string of the molecule is Cc1cccc(OC(C)C(=O)Nc2cccc(C(=O)N3CCCC3)c2)c1. The number of aryl methyl sites for hydroxylation is 1. The predicted octanol–water partition coefficient (Wildman–Crippen LogP) is 3.64. The third kappa shape index (κ3) is 4.42. The molecule has 1 N–H and O–H groups in total. The second-order valence-electron chi connectivity index (χ2n) is 6.65. The van der Waals surface area contributed by atoms with E-state index in [1.807, 2.05) is 36.1 Å². The topological polar surface area (TPSA) is 58.6 Å². The number of ether oxygens (including phenoxy) is 1. The van der Waals surface area contributed by atoms with Crippen molar-refractivity contribution in [3.05, 3.63) is 59.7 Å². The minimum atomic E-state index is -0.644. The van der Waals surface area contributed by atoms with E-state index in [2.05, 4.69) is 5.32 Å². The minimum absolute atomic E-state index is 0.0164. The monoisotopic (exact) mass is 352 g/mol. The van der Waals surface area contributed by atoms with E-state index < -0.39 is 6.10 Å². The number of likely N-dealkylation sites (tertiary alicyclic amines) is 1. The Hall–Kier alpha value is -2.82. The fourth-order valence-electron chi connectivity index (χ4n) is 3.02. The Morgan fingerprint density at radius 2 is 1.81 bits per heavy atom. The molecule has 26 heavy (non-hydrogen) atoms. The van der Waals surface area contributed by atoms with E-state index in [0.29, 0.717) is 17.0 Å². The molecular weight excluding hydrogens is 328 g/mol.